The maximum Gasteiger partial charge on any atom is 0.426 e. The molecule has 0 saturated carbocycles. The molecule has 136 valence electrons. The van der Waals surface area contributed by atoms with E-state index < -0.39 is 45.7 Å². The fraction of sp³-hybridized carbons (Fsp3) is 0.385. The highest BCUT2D eigenvalue weighted by Crippen LogP contribution is 2.26. The SMILES string of the molecule is [B]Cc1ccc(C(=O)OC(CS(=O)(=O)O)C(F)(F)F)cc1OC(C)=O. The molecule has 1 aromatic rings. The molecule has 0 aromatic heterocycles. The number of hydrogen-bond donors (Lipinski definition) is 1. The number of carbonyl (C=O) groups excluding carboxylic acids is 2. The number of esters is 2. The number of rotatable bonds is 6. The monoisotopic (exact) mass is 380 g/mol. The van der Waals surface area contributed by atoms with Gasteiger partial charge in [-0.25, -0.2) is 4.79 Å². The summed E-state index contributed by atoms with van der Waals surface area (Å²) >= 11 is 0. The molecule has 12 heteroatoms. The summed E-state index contributed by atoms with van der Waals surface area (Å²) in [4.78, 5) is 22.9. The molecular weight excluding hydrogens is 368 g/mol. The maximum absolute atomic E-state index is 12.8. The number of halogens is 3. The van der Waals surface area contributed by atoms with Gasteiger partial charge in [0.2, 0.25) is 6.10 Å². The Kier molecular flexibility index (Phi) is 6.60. The molecule has 0 amide bonds. The van der Waals surface area contributed by atoms with Crippen LogP contribution in [0.3, 0.4) is 0 Å². The lowest BCUT2D eigenvalue weighted by Crippen LogP contribution is -2.39. The van der Waals surface area contributed by atoms with Gasteiger partial charge in [0.1, 0.15) is 11.5 Å². The fourth-order valence-electron chi connectivity index (χ4n) is 1.68. The molecule has 0 saturated heterocycles. The largest absolute Gasteiger partial charge is 0.448 e. The van der Waals surface area contributed by atoms with E-state index in [1.165, 1.54) is 6.07 Å². The Bertz CT molecular complexity index is 761. The van der Waals surface area contributed by atoms with Crippen LogP contribution >= 0.6 is 0 Å². The Morgan fingerprint density at radius 3 is 2.36 bits per heavy atom. The van der Waals surface area contributed by atoms with E-state index in [9.17, 15) is 31.2 Å². The molecule has 1 atom stereocenters. The van der Waals surface area contributed by atoms with Gasteiger partial charge in [-0.2, -0.15) is 21.6 Å². The second-order valence-corrected chi connectivity index (χ2v) is 6.30. The fourth-order valence-corrected chi connectivity index (χ4v) is 2.32. The normalized spacial score (nSPS) is 13.2. The van der Waals surface area contributed by atoms with Crippen LogP contribution in [0, 0.1) is 0 Å². The van der Waals surface area contributed by atoms with Crippen LogP contribution in [0.5, 0.6) is 5.75 Å². The number of hydrogen-bond acceptors (Lipinski definition) is 6. The van der Waals surface area contributed by atoms with E-state index in [1.54, 1.807) is 0 Å². The molecule has 0 aliphatic carbocycles. The van der Waals surface area contributed by atoms with Crippen molar-refractivity contribution in [1.29, 1.82) is 0 Å². The van der Waals surface area contributed by atoms with Gasteiger partial charge >= 0.3 is 18.1 Å². The molecule has 0 fully saturated rings. The predicted molar refractivity (Wildman–Crippen MR) is 78.9 cm³/mol. The molecule has 2 radical (unpaired) electrons. The third-order valence-electron chi connectivity index (χ3n) is 2.75. The van der Waals surface area contributed by atoms with Gasteiger partial charge in [0.25, 0.3) is 10.1 Å². The first-order valence-corrected chi connectivity index (χ1v) is 8.18. The van der Waals surface area contributed by atoms with Crippen molar-refractivity contribution in [2.75, 3.05) is 5.75 Å². The van der Waals surface area contributed by atoms with Crippen molar-refractivity contribution in [3.63, 3.8) is 0 Å². The summed E-state index contributed by atoms with van der Waals surface area (Å²) < 4.78 is 77.1. The van der Waals surface area contributed by atoms with Crippen molar-refractivity contribution < 1.29 is 45.2 Å². The number of ether oxygens (including phenoxy) is 2. The van der Waals surface area contributed by atoms with Crippen molar-refractivity contribution in [2.24, 2.45) is 0 Å². The van der Waals surface area contributed by atoms with Crippen molar-refractivity contribution in [1.82, 2.24) is 0 Å². The van der Waals surface area contributed by atoms with E-state index >= 15 is 0 Å². The zero-order valence-corrected chi connectivity index (χ0v) is 13.6. The molecular formula is C13H12BF3O7S. The minimum Gasteiger partial charge on any atom is -0.448 e. The third kappa shape index (κ3) is 6.74. The van der Waals surface area contributed by atoms with Crippen LogP contribution in [0.1, 0.15) is 22.8 Å². The summed E-state index contributed by atoms with van der Waals surface area (Å²) in [7, 11) is 0.357. The smallest absolute Gasteiger partial charge is 0.426 e. The van der Waals surface area contributed by atoms with Crippen LogP contribution in [0.15, 0.2) is 18.2 Å². The van der Waals surface area contributed by atoms with E-state index in [0.29, 0.717) is 5.56 Å². The number of alkyl halides is 3. The van der Waals surface area contributed by atoms with E-state index in [1.807, 2.05) is 0 Å². The predicted octanol–water partition coefficient (Wildman–Crippen LogP) is 1.26. The van der Waals surface area contributed by atoms with E-state index in [0.717, 1.165) is 19.1 Å². The average Bonchev–Trinajstić information content (AvgIpc) is 2.43. The third-order valence-corrected chi connectivity index (χ3v) is 3.48. The molecule has 0 bridgehead atoms. The van der Waals surface area contributed by atoms with Crippen LogP contribution in [0.25, 0.3) is 0 Å². The highest BCUT2D eigenvalue weighted by Gasteiger charge is 2.45. The minimum absolute atomic E-state index is 0.0775. The van der Waals surface area contributed by atoms with Crippen molar-refractivity contribution in [3.05, 3.63) is 29.3 Å². The van der Waals surface area contributed by atoms with Crippen molar-refractivity contribution in [2.45, 2.75) is 25.5 Å². The summed E-state index contributed by atoms with van der Waals surface area (Å²) in [6.07, 6.45) is -8.37. The second kappa shape index (κ2) is 7.87. The first-order chi connectivity index (χ1) is 11.3. The molecule has 0 heterocycles. The molecule has 1 N–H and O–H groups in total. The van der Waals surface area contributed by atoms with Crippen LogP contribution in [-0.2, 0) is 26.0 Å². The Balaban J connectivity index is 3.10. The van der Waals surface area contributed by atoms with Crippen LogP contribution in [0.4, 0.5) is 13.2 Å². The lowest BCUT2D eigenvalue weighted by Gasteiger charge is -2.19. The standard InChI is InChI=1S/C13H12BF3O7S/c1-7(18)23-10-4-8(2-3-9(10)5-14)12(19)24-11(13(15,16)17)6-25(20,21)22/h2-4,11H,5-6H2,1H3,(H,20,21,22). The van der Waals surface area contributed by atoms with Gasteiger partial charge < -0.3 is 9.47 Å². The molecule has 0 spiro atoms. The number of benzene rings is 1. The Hall–Kier alpha value is -2.08. The van der Waals surface area contributed by atoms with Gasteiger partial charge in [0, 0.05) is 6.92 Å². The zero-order chi connectivity index (χ0) is 19.4. The highest BCUT2D eigenvalue weighted by molar-refractivity contribution is 7.85. The first-order valence-electron chi connectivity index (χ1n) is 6.57. The lowest BCUT2D eigenvalue weighted by molar-refractivity contribution is -0.197. The maximum atomic E-state index is 12.8. The zero-order valence-electron chi connectivity index (χ0n) is 12.7. The molecule has 0 aliphatic heterocycles. The molecule has 25 heavy (non-hydrogen) atoms. The van der Waals surface area contributed by atoms with Crippen LogP contribution < -0.4 is 4.74 Å². The summed E-state index contributed by atoms with van der Waals surface area (Å²) in [5.41, 5.74) is -0.130. The van der Waals surface area contributed by atoms with Gasteiger partial charge in [-0.05, 0) is 17.7 Å². The van der Waals surface area contributed by atoms with Crippen molar-refractivity contribution in [3.8, 4) is 5.75 Å². The molecule has 7 nitrogen and oxygen atoms in total. The lowest BCUT2D eigenvalue weighted by atomic mass is 9.95. The molecule has 1 aromatic carbocycles. The van der Waals surface area contributed by atoms with E-state index in [-0.39, 0.29) is 12.1 Å². The number of carbonyl (C=O) groups is 2. The summed E-state index contributed by atoms with van der Waals surface area (Å²) in [6.45, 7) is 1.07. The van der Waals surface area contributed by atoms with E-state index in [4.69, 9.17) is 17.1 Å². The highest BCUT2D eigenvalue weighted by atomic mass is 32.2. The van der Waals surface area contributed by atoms with Gasteiger partial charge in [-0.1, -0.05) is 12.4 Å². The van der Waals surface area contributed by atoms with Crippen LogP contribution in [0.2, 0.25) is 0 Å². The Morgan fingerprint density at radius 1 is 1.32 bits per heavy atom. The van der Waals surface area contributed by atoms with Crippen molar-refractivity contribution >= 4 is 29.9 Å². The summed E-state index contributed by atoms with van der Waals surface area (Å²) in [5, 5.41) is 0. The Labute approximate surface area is 142 Å². The summed E-state index contributed by atoms with van der Waals surface area (Å²) in [6, 6.07) is 3.24. The molecule has 0 aliphatic rings. The van der Waals surface area contributed by atoms with E-state index in [2.05, 4.69) is 4.74 Å². The second-order valence-electron chi connectivity index (χ2n) is 4.80. The van der Waals surface area contributed by atoms with Gasteiger partial charge in [0.15, 0.2) is 0 Å². The van der Waals surface area contributed by atoms with Gasteiger partial charge in [-0.15, -0.1) is 0 Å². The molecule has 1 unspecified atom stereocenters. The minimum atomic E-state index is -5.22. The first kappa shape index (κ1) is 21.0. The quantitative estimate of drug-likeness (QED) is 0.343. The van der Waals surface area contributed by atoms with Gasteiger partial charge in [0.05, 0.1) is 13.4 Å². The van der Waals surface area contributed by atoms with Gasteiger partial charge in [-0.3, -0.25) is 9.35 Å². The topological polar surface area (TPSA) is 107 Å². The van der Waals surface area contributed by atoms with Crippen LogP contribution in [-0.4, -0.2) is 50.8 Å². The summed E-state index contributed by atoms with van der Waals surface area (Å²) in [5.74, 6) is -4.27. The Morgan fingerprint density at radius 2 is 1.92 bits per heavy atom. The molecule has 1 rings (SSSR count). The average molecular weight is 380 g/mol.